The Bertz CT molecular complexity index is 2140. The highest BCUT2D eigenvalue weighted by Crippen LogP contribution is 2.52. The molecule has 8 heterocycles. The number of nitrogens with zero attached hydrogens (tertiary/aromatic N) is 6. The van der Waals surface area contributed by atoms with Gasteiger partial charge in [-0.3, -0.25) is 28.8 Å². The number of fused-ring (bicyclic) bond motifs is 6. The van der Waals surface area contributed by atoms with Crippen LogP contribution in [-0.2, 0) is 32.3 Å². The second-order valence-corrected chi connectivity index (χ2v) is 19.7. The molecule has 8 atom stereocenters. The first-order valence-electron chi connectivity index (χ1n) is 24.2. The van der Waals surface area contributed by atoms with Crippen molar-refractivity contribution in [2.75, 3.05) is 39.4 Å². The van der Waals surface area contributed by atoms with Crippen LogP contribution in [0.25, 0.3) is 12.2 Å². The number of carbonyl (C=O) groups excluding carboxylic acids is 4. The Morgan fingerprint density at radius 1 is 0.578 bits per heavy atom. The largest absolute Gasteiger partial charge is 0.396 e. The summed E-state index contributed by atoms with van der Waals surface area (Å²) in [5, 5.41) is 20.8. The molecule has 4 saturated heterocycles. The molecule has 0 spiro atoms. The van der Waals surface area contributed by atoms with Crippen LogP contribution in [0.2, 0.25) is 0 Å². The number of likely N-dealkylation sites (tertiary alicyclic amines) is 4. The number of aliphatic hydroxyl groups is 2. The van der Waals surface area contributed by atoms with Crippen molar-refractivity contribution < 1.29 is 29.4 Å². The van der Waals surface area contributed by atoms with E-state index in [4.69, 9.17) is 0 Å². The number of aromatic nitrogens is 2. The number of hydrogen-bond donors (Lipinski definition) is 2. The van der Waals surface area contributed by atoms with E-state index < -0.39 is 12.1 Å². The van der Waals surface area contributed by atoms with Crippen LogP contribution in [0, 0.1) is 35.5 Å². The van der Waals surface area contributed by atoms with Gasteiger partial charge in [-0.1, -0.05) is 24.3 Å². The van der Waals surface area contributed by atoms with Gasteiger partial charge in [0.25, 0.3) is 11.1 Å². The molecule has 6 aliphatic heterocycles. The quantitative estimate of drug-likeness (QED) is 0.356. The lowest BCUT2D eigenvalue weighted by molar-refractivity contribution is -0.148. The second-order valence-electron chi connectivity index (χ2n) is 19.7. The molecule has 6 fully saturated rings. The molecular weight excluding hydrogens is 813 g/mol. The van der Waals surface area contributed by atoms with Crippen molar-refractivity contribution in [2.45, 2.75) is 128 Å². The van der Waals surface area contributed by atoms with Crippen molar-refractivity contribution in [1.82, 2.24) is 28.7 Å². The summed E-state index contributed by atoms with van der Waals surface area (Å²) in [6.07, 6.45) is 18.6. The Balaban J connectivity index is 0.000000162. The molecule has 8 aliphatic rings. The number of allylic oxidation sites excluding steroid dienone is 2. The van der Waals surface area contributed by atoms with E-state index in [2.05, 4.69) is 0 Å². The normalized spacial score (nSPS) is 29.4. The molecule has 2 saturated carbocycles. The summed E-state index contributed by atoms with van der Waals surface area (Å²) in [6.45, 7) is 7.18. The minimum absolute atomic E-state index is 0.00719. The standard InChI is InChI=1S/2C25H33N3O4/c2*1-2-6-17-9-10-20-22-18(14-27(20)24(17)31)19(15-29)23(25(32)26-11-4-3-5-12-26)28(22)21(30)13-16-7-8-16/h2*2,6,9-10,16,18-19,22-23,29H,3-5,7-8,11-15H2,1H3/b6-2+;6-2-/t2*18-,19-,22+,23-/m00/s1. The first-order chi connectivity index (χ1) is 31.1. The number of amides is 4. The van der Waals surface area contributed by atoms with Gasteiger partial charge in [-0.25, -0.2) is 0 Å². The SMILES string of the molecule is C/C=C/c1ccc2n(c1=O)C[C@H]1[C@H](CO)[C@@H](C(=O)N3CCCCC3)N(C(=O)CC3CC3)[C@@H]21.C/C=C\c1ccc2n(c1=O)C[C@H]1[C@H](CO)[C@@H](C(=O)N3CCCCC3)N(C(=O)CC3CC3)[C@@H]21. The van der Waals surface area contributed by atoms with Gasteiger partial charge < -0.3 is 38.9 Å². The van der Waals surface area contributed by atoms with E-state index in [1.54, 1.807) is 31.1 Å². The lowest BCUT2D eigenvalue weighted by atomic mass is 9.88. The van der Waals surface area contributed by atoms with Crippen LogP contribution >= 0.6 is 0 Å². The smallest absolute Gasteiger partial charge is 0.258 e. The van der Waals surface area contributed by atoms with E-state index in [9.17, 15) is 39.0 Å². The van der Waals surface area contributed by atoms with Crippen LogP contribution in [0.5, 0.6) is 0 Å². The van der Waals surface area contributed by atoms with Gasteiger partial charge in [-0.15, -0.1) is 0 Å². The number of rotatable bonds is 10. The predicted molar refractivity (Wildman–Crippen MR) is 241 cm³/mol. The predicted octanol–water partition coefficient (Wildman–Crippen LogP) is 4.37. The number of carbonyl (C=O) groups is 4. The van der Waals surface area contributed by atoms with Crippen LogP contribution < -0.4 is 11.1 Å². The monoisotopic (exact) mass is 878 g/mol. The molecule has 14 heteroatoms. The Morgan fingerprint density at radius 3 is 1.28 bits per heavy atom. The highest BCUT2D eigenvalue weighted by atomic mass is 16.3. The van der Waals surface area contributed by atoms with Crippen molar-refractivity contribution >= 4 is 35.8 Å². The zero-order valence-electron chi connectivity index (χ0n) is 37.6. The third-order valence-electron chi connectivity index (χ3n) is 15.6. The molecule has 2 aromatic heterocycles. The summed E-state index contributed by atoms with van der Waals surface area (Å²) in [5.74, 6) is -0.237. The average Bonchev–Trinajstić information content (AvgIpc) is 4.17. The first-order valence-corrected chi connectivity index (χ1v) is 24.2. The molecule has 14 nitrogen and oxygen atoms in total. The maximum absolute atomic E-state index is 13.7. The highest BCUT2D eigenvalue weighted by molar-refractivity contribution is 5.90. The van der Waals surface area contributed by atoms with Gasteiger partial charge in [-0.2, -0.15) is 0 Å². The van der Waals surface area contributed by atoms with E-state index in [-0.39, 0.29) is 83.7 Å². The molecule has 4 amide bonds. The van der Waals surface area contributed by atoms with Gasteiger partial charge in [-0.05, 0) is 114 Å². The van der Waals surface area contributed by atoms with Crippen LogP contribution in [0.3, 0.4) is 0 Å². The van der Waals surface area contributed by atoms with Gasteiger partial charge in [0.2, 0.25) is 23.6 Å². The average molecular weight is 879 g/mol. The molecule has 0 radical (unpaired) electrons. The lowest BCUT2D eigenvalue weighted by Gasteiger charge is -2.36. The highest BCUT2D eigenvalue weighted by Gasteiger charge is 2.60. The van der Waals surface area contributed by atoms with Crippen LogP contribution in [0.4, 0.5) is 0 Å². The summed E-state index contributed by atoms with van der Waals surface area (Å²) in [4.78, 5) is 87.9. The number of aliphatic hydroxyl groups excluding tert-OH is 2. The van der Waals surface area contributed by atoms with Crippen molar-refractivity contribution in [3.63, 3.8) is 0 Å². The molecule has 64 heavy (non-hydrogen) atoms. The molecule has 2 aromatic rings. The van der Waals surface area contributed by atoms with Gasteiger partial charge in [0.05, 0.1) is 12.1 Å². The molecule has 344 valence electrons. The van der Waals surface area contributed by atoms with Crippen molar-refractivity contribution in [2.24, 2.45) is 35.5 Å². The van der Waals surface area contributed by atoms with Crippen molar-refractivity contribution in [3.05, 3.63) is 79.6 Å². The van der Waals surface area contributed by atoms with Crippen LogP contribution in [-0.4, -0.2) is 114 Å². The zero-order valence-corrected chi connectivity index (χ0v) is 37.6. The molecule has 0 aromatic carbocycles. The molecule has 0 bridgehead atoms. The van der Waals surface area contributed by atoms with E-state index in [1.807, 2.05) is 60.1 Å². The maximum Gasteiger partial charge on any atom is 0.258 e. The zero-order chi connectivity index (χ0) is 44.8. The van der Waals surface area contributed by atoms with Gasteiger partial charge in [0, 0.05) is 112 Å². The van der Waals surface area contributed by atoms with Crippen LogP contribution in [0.1, 0.15) is 125 Å². The van der Waals surface area contributed by atoms with Gasteiger partial charge >= 0.3 is 0 Å². The minimum atomic E-state index is -0.640. The maximum atomic E-state index is 13.7. The minimum Gasteiger partial charge on any atom is -0.396 e. The van der Waals surface area contributed by atoms with E-state index in [1.165, 1.54) is 0 Å². The van der Waals surface area contributed by atoms with E-state index in [0.717, 1.165) is 102 Å². The van der Waals surface area contributed by atoms with E-state index in [0.29, 0.717) is 48.9 Å². The molecular formula is C50H66N6O8. The first kappa shape index (κ1) is 44.4. The van der Waals surface area contributed by atoms with Crippen molar-refractivity contribution in [3.8, 4) is 0 Å². The van der Waals surface area contributed by atoms with Gasteiger partial charge in [0.1, 0.15) is 12.1 Å². The summed E-state index contributed by atoms with van der Waals surface area (Å²) < 4.78 is 3.51. The Kier molecular flexibility index (Phi) is 12.9. The second kappa shape index (κ2) is 18.6. The Hall–Kier alpha value is -4.82. The fraction of sp³-hybridized carbons (Fsp3) is 0.640. The topological polar surface area (TPSA) is 166 Å². The third-order valence-corrected chi connectivity index (χ3v) is 15.6. The lowest BCUT2D eigenvalue weighted by Crippen LogP contribution is -2.52. The van der Waals surface area contributed by atoms with E-state index >= 15 is 0 Å². The fourth-order valence-corrected chi connectivity index (χ4v) is 12.1. The van der Waals surface area contributed by atoms with Gasteiger partial charge in [0.15, 0.2) is 0 Å². The molecule has 10 rings (SSSR count). The van der Waals surface area contributed by atoms with Crippen molar-refractivity contribution in [1.29, 1.82) is 0 Å². The number of piperidine rings is 2. The summed E-state index contributed by atoms with van der Waals surface area (Å²) in [7, 11) is 0. The third kappa shape index (κ3) is 8.11. The molecule has 2 aliphatic carbocycles. The molecule has 2 N–H and O–H groups in total. The number of hydrogen-bond acceptors (Lipinski definition) is 8. The summed E-state index contributed by atoms with van der Waals surface area (Å²) in [6, 6.07) is 5.55. The summed E-state index contributed by atoms with van der Waals surface area (Å²) >= 11 is 0. The Morgan fingerprint density at radius 2 is 0.953 bits per heavy atom. The fourth-order valence-electron chi connectivity index (χ4n) is 12.1. The number of pyridine rings is 2. The molecule has 0 unspecified atom stereocenters. The van der Waals surface area contributed by atoms with Crippen LogP contribution in [0.15, 0.2) is 46.0 Å². The Labute approximate surface area is 375 Å². The summed E-state index contributed by atoms with van der Waals surface area (Å²) in [5.41, 5.74) is 2.69.